The summed E-state index contributed by atoms with van der Waals surface area (Å²) >= 11 is 6.21. The summed E-state index contributed by atoms with van der Waals surface area (Å²) in [6.45, 7) is 1.95. The fraction of sp³-hybridized carbons (Fsp3) is 0.308. The first-order valence-corrected chi connectivity index (χ1v) is 7.76. The van der Waals surface area contributed by atoms with Crippen molar-refractivity contribution in [3.63, 3.8) is 0 Å². The molecule has 0 aliphatic rings. The minimum absolute atomic E-state index is 0.172. The Balaban J connectivity index is 2.30. The molecule has 1 heterocycles. The van der Waals surface area contributed by atoms with E-state index in [4.69, 9.17) is 17.3 Å². The van der Waals surface area contributed by atoms with Crippen LogP contribution >= 0.6 is 11.6 Å². The highest BCUT2D eigenvalue weighted by atomic mass is 35.5. The number of nitrogens with zero attached hydrogens (tertiary/aromatic N) is 2. The molecule has 0 saturated heterocycles. The van der Waals surface area contributed by atoms with Gasteiger partial charge >= 0.3 is 0 Å². The third-order valence-corrected chi connectivity index (χ3v) is 4.66. The summed E-state index contributed by atoms with van der Waals surface area (Å²) in [4.78, 5) is 0.345. The smallest absolute Gasteiger partial charge is 0.126 e. The van der Waals surface area contributed by atoms with E-state index in [9.17, 15) is 8.60 Å². The summed E-state index contributed by atoms with van der Waals surface area (Å²) in [6.07, 6.45) is 0.701. The van der Waals surface area contributed by atoms with Gasteiger partial charge in [0.05, 0.1) is 33.0 Å². The molecule has 1 aromatic carbocycles. The van der Waals surface area contributed by atoms with Gasteiger partial charge < -0.3 is 5.73 Å². The van der Waals surface area contributed by atoms with E-state index in [0.717, 1.165) is 5.69 Å². The van der Waals surface area contributed by atoms with Crippen molar-refractivity contribution >= 4 is 28.1 Å². The number of nitrogen functional groups attached to an aromatic ring is 1. The minimum atomic E-state index is -1.43. The maximum atomic E-state index is 13.3. The number of halogens is 2. The van der Waals surface area contributed by atoms with E-state index in [1.807, 2.05) is 6.92 Å². The van der Waals surface area contributed by atoms with Gasteiger partial charge in [0.25, 0.3) is 0 Å². The average molecular weight is 316 g/mol. The van der Waals surface area contributed by atoms with Crippen LogP contribution in [0.1, 0.15) is 18.3 Å². The van der Waals surface area contributed by atoms with Crippen molar-refractivity contribution in [3.8, 4) is 0 Å². The Labute approximate surface area is 124 Å². The molecule has 0 bridgehead atoms. The summed E-state index contributed by atoms with van der Waals surface area (Å²) in [5, 5.41) is 4.78. The lowest BCUT2D eigenvalue weighted by Crippen LogP contribution is -2.04. The standard InChI is InChI=1S/C13H15ClFN3OS/c1-3-11-13(14)12(18(2)17-11)7-20(19)10-5-8(15)4-9(16)6-10/h4-6H,3,7,16H2,1-2H3. The maximum Gasteiger partial charge on any atom is 0.126 e. The van der Waals surface area contributed by atoms with Crippen molar-refractivity contribution in [1.29, 1.82) is 0 Å². The molecule has 0 spiro atoms. The highest BCUT2D eigenvalue weighted by Crippen LogP contribution is 2.24. The first kappa shape index (κ1) is 15.0. The molecule has 2 rings (SSSR count). The largest absolute Gasteiger partial charge is 0.399 e. The van der Waals surface area contributed by atoms with E-state index in [-0.39, 0.29) is 11.4 Å². The zero-order valence-electron chi connectivity index (χ0n) is 11.2. The van der Waals surface area contributed by atoms with Crippen LogP contribution in [0.15, 0.2) is 23.1 Å². The predicted molar refractivity (Wildman–Crippen MR) is 78.5 cm³/mol. The molecule has 0 aliphatic heterocycles. The zero-order chi connectivity index (χ0) is 14.9. The van der Waals surface area contributed by atoms with Gasteiger partial charge in [-0.25, -0.2) is 4.39 Å². The number of aromatic nitrogens is 2. The Morgan fingerprint density at radius 2 is 2.15 bits per heavy atom. The van der Waals surface area contributed by atoms with E-state index < -0.39 is 16.6 Å². The fourth-order valence-electron chi connectivity index (χ4n) is 1.90. The molecule has 20 heavy (non-hydrogen) atoms. The van der Waals surface area contributed by atoms with Gasteiger partial charge in [-0.05, 0) is 24.6 Å². The number of aryl methyl sites for hydroxylation is 2. The molecule has 1 unspecified atom stereocenters. The predicted octanol–water partition coefficient (Wildman–Crippen LogP) is 2.67. The Hall–Kier alpha value is -1.40. The first-order valence-electron chi connectivity index (χ1n) is 6.07. The molecule has 0 amide bonds. The molecule has 0 fully saturated rings. The highest BCUT2D eigenvalue weighted by molar-refractivity contribution is 7.84. The second-order valence-corrected chi connectivity index (χ2v) is 6.22. The first-order chi connectivity index (χ1) is 9.42. The van der Waals surface area contributed by atoms with Crippen LogP contribution in [-0.2, 0) is 30.0 Å². The van der Waals surface area contributed by atoms with E-state index in [1.54, 1.807) is 11.7 Å². The molecule has 0 aliphatic carbocycles. The molecular weight excluding hydrogens is 301 g/mol. The molecule has 2 N–H and O–H groups in total. The Bertz CT molecular complexity index is 652. The number of benzene rings is 1. The van der Waals surface area contributed by atoms with Crippen LogP contribution in [0.3, 0.4) is 0 Å². The van der Waals surface area contributed by atoms with E-state index >= 15 is 0 Å². The van der Waals surface area contributed by atoms with Gasteiger partial charge in [0.15, 0.2) is 0 Å². The van der Waals surface area contributed by atoms with E-state index in [2.05, 4.69) is 5.10 Å². The lowest BCUT2D eigenvalue weighted by molar-refractivity contribution is 0.623. The van der Waals surface area contributed by atoms with Gasteiger partial charge in [-0.2, -0.15) is 5.10 Å². The summed E-state index contributed by atoms with van der Waals surface area (Å²) in [6, 6.07) is 3.91. The van der Waals surface area contributed by atoms with Crippen LogP contribution in [0, 0.1) is 5.82 Å². The van der Waals surface area contributed by atoms with Gasteiger partial charge in [-0.15, -0.1) is 0 Å². The summed E-state index contributed by atoms with van der Waals surface area (Å²) in [5.41, 5.74) is 7.24. The SMILES string of the molecule is CCc1nn(C)c(CS(=O)c2cc(N)cc(F)c2)c1Cl. The average Bonchev–Trinajstić information content (AvgIpc) is 2.65. The van der Waals surface area contributed by atoms with Crippen LogP contribution in [0.5, 0.6) is 0 Å². The molecule has 0 radical (unpaired) electrons. The summed E-state index contributed by atoms with van der Waals surface area (Å²) < 4.78 is 27.2. The number of hydrogen-bond donors (Lipinski definition) is 1. The van der Waals surface area contributed by atoms with Gasteiger partial charge in [-0.3, -0.25) is 8.89 Å². The molecule has 108 valence electrons. The van der Waals surface area contributed by atoms with Crippen LogP contribution in [-0.4, -0.2) is 14.0 Å². The third-order valence-electron chi connectivity index (χ3n) is 2.93. The topological polar surface area (TPSA) is 60.9 Å². The van der Waals surface area contributed by atoms with E-state index in [0.29, 0.717) is 22.0 Å². The van der Waals surface area contributed by atoms with E-state index in [1.165, 1.54) is 18.2 Å². The van der Waals surface area contributed by atoms with Crippen LogP contribution < -0.4 is 5.73 Å². The van der Waals surface area contributed by atoms with Gasteiger partial charge in [0, 0.05) is 17.6 Å². The van der Waals surface area contributed by atoms with Crippen LogP contribution in [0.2, 0.25) is 5.02 Å². The molecule has 2 aromatic rings. The van der Waals surface area contributed by atoms with Crippen molar-refractivity contribution in [3.05, 3.63) is 40.4 Å². The second kappa shape index (κ2) is 5.93. The maximum absolute atomic E-state index is 13.3. The van der Waals surface area contributed by atoms with Crippen molar-refractivity contribution in [2.24, 2.45) is 7.05 Å². The Morgan fingerprint density at radius 1 is 1.45 bits per heavy atom. The van der Waals surface area contributed by atoms with Crippen molar-refractivity contribution in [2.75, 3.05) is 5.73 Å². The van der Waals surface area contributed by atoms with Crippen molar-refractivity contribution in [2.45, 2.75) is 24.0 Å². The zero-order valence-corrected chi connectivity index (χ0v) is 12.8. The molecule has 4 nitrogen and oxygen atoms in total. The lowest BCUT2D eigenvalue weighted by atomic mass is 10.3. The number of anilines is 1. The number of rotatable bonds is 4. The van der Waals surface area contributed by atoms with Gasteiger partial charge in [0.1, 0.15) is 5.82 Å². The normalized spacial score (nSPS) is 12.6. The number of nitrogens with two attached hydrogens (primary N) is 1. The monoisotopic (exact) mass is 315 g/mol. The van der Waals surface area contributed by atoms with Gasteiger partial charge in [0.2, 0.25) is 0 Å². The number of hydrogen-bond acceptors (Lipinski definition) is 3. The summed E-state index contributed by atoms with van der Waals surface area (Å²) in [7, 11) is 0.318. The summed E-state index contributed by atoms with van der Waals surface area (Å²) in [5.74, 6) is -0.329. The molecule has 1 aromatic heterocycles. The van der Waals surface area contributed by atoms with Crippen LogP contribution in [0.25, 0.3) is 0 Å². The molecule has 7 heteroatoms. The third kappa shape index (κ3) is 3.02. The second-order valence-electron chi connectivity index (χ2n) is 4.39. The fourth-order valence-corrected chi connectivity index (χ4v) is 3.60. The van der Waals surface area contributed by atoms with Crippen LogP contribution in [0.4, 0.5) is 10.1 Å². The van der Waals surface area contributed by atoms with Crippen molar-refractivity contribution in [1.82, 2.24) is 9.78 Å². The Kier molecular flexibility index (Phi) is 4.45. The minimum Gasteiger partial charge on any atom is -0.399 e. The molecular formula is C13H15ClFN3OS. The molecule has 0 saturated carbocycles. The lowest BCUT2D eigenvalue weighted by Gasteiger charge is -2.05. The van der Waals surface area contributed by atoms with Gasteiger partial charge in [-0.1, -0.05) is 18.5 Å². The molecule has 1 atom stereocenters. The highest BCUT2D eigenvalue weighted by Gasteiger charge is 2.17. The quantitative estimate of drug-likeness (QED) is 0.882. The Morgan fingerprint density at radius 3 is 2.70 bits per heavy atom. The van der Waals surface area contributed by atoms with Crippen molar-refractivity contribution < 1.29 is 8.60 Å².